The third-order valence-electron chi connectivity index (χ3n) is 2.57. The molecule has 1 rings (SSSR count). The van der Waals surface area contributed by atoms with Gasteiger partial charge < -0.3 is 10.1 Å². The summed E-state index contributed by atoms with van der Waals surface area (Å²) in [5, 5.41) is 2.93. The molecular formula is C15H22BrNO2. The Morgan fingerprint density at radius 1 is 1.21 bits per heavy atom. The summed E-state index contributed by atoms with van der Waals surface area (Å²) in [6.45, 7) is 9.72. The Morgan fingerprint density at radius 3 is 2.16 bits per heavy atom. The van der Waals surface area contributed by atoms with Crippen molar-refractivity contribution >= 4 is 22.0 Å². The van der Waals surface area contributed by atoms with Crippen molar-refractivity contribution in [1.82, 2.24) is 5.32 Å². The van der Waals surface area contributed by atoms with Crippen LogP contribution in [0.5, 0.6) is 0 Å². The summed E-state index contributed by atoms with van der Waals surface area (Å²) in [5.74, 6) is 0.286. The molecule has 1 atom stereocenters. The molecule has 0 fully saturated rings. The van der Waals surface area contributed by atoms with E-state index in [2.05, 4.69) is 35.1 Å². The van der Waals surface area contributed by atoms with Gasteiger partial charge in [-0.3, -0.25) is 0 Å². The van der Waals surface area contributed by atoms with Crippen molar-refractivity contribution in [3.8, 4) is 0 Å². The Hall–Kier alpha value is -1.03. The molecule has 3 nitrogen and oxygen atoms in total. The molecule has 0 saturated heterocycles. The van der Waals surface area contributed by atoms with Gasteiger partial charge in [0.1, 0.15) is 5.60 Å². The molecule has 1 amide bonds. The highest BCUT2D eigenvalue weighted by molar-refractivity contribution is 9.10. The molecule has 1 unspecified atom stereocenters. The summed E-state index contributed by atoms with van der Waals surface area (Å²) < 4.78 is 6.33. The van der Waals surface area contributed by atoms with E-state index >= 15 is 0 Å². The summed E-state index contributed by atoms with van der Waals surface area (Å²) in [7, 11) is 0. The van der Waals surface area contributed by atoms with Crippen LogP contribution in [-0.4, -0.2) is 11.7 Å². The van der Waals surface area contributed by atoms with Crippen LogP contribution in [0.1, 0.15) is 46.2 Å². The summed E-state index contributed by atoms with van der Waals surface area (Å²) >= 11 is 3.41. The minimum Gasteiger partial charge on any atom is -0.444 e. The number of amides is 1. The van der Waals surface area contributed by atoms with Gasteiger partial charge in [-0.25, -0.2) is 4.79 Å². The van der Waals surface area contributed by atoms with E-state index in [4.69, 9.17) is 4.74 Å². The number of ether oxygens (including phenoxy) is 1. The average molecular weight is 328 g/mol. The number of halogens is 1. The molecular weight excluding hydrogens is 306 g/mol. The van der Waals surface area contributed by atoms with Gasteiger partial charge in [-0.2, -0.15) is 0 Å². The normalized spacial score (nSPS) is 13.2. The molecule has 1 aromatic carbocycles. The highest BCUT2D eigenvalue weighted by atomic mass is 79.9. The quantitative estimate of drug-likeness (QED) is 0.875. The van der Waals surface area contributed by atoms with E-state index in [9.17, 15) is 4.79 Å². The van der Waals surface area contributed by atoms with Crippen molar-refractivity contribution < 1.29 is 9.53 Å². The van der Waals surface area contributed by atoms with Gasteiger partial charge in [-0.1, -0.05) is 41.9 Å². The number of alkyl carbamates (subject to hydrolysis) is 1. The van der Waals surface area contributed by atoms with Crippen LogP contribution >= 0.6 is 15.9 Å². The van der Waals surface area contributed by atoms with Gasteiger partial charge in [-0.15, -0.1) is 0 Å². The second-order valence-electron chi connectivity index (χ2n) is 5.92. The molecule has 0 radical (unpaired) electrons. The van der Waals surface area contributed by atoms with Crippen LogP contribution in [0.3, 0.4) is 0 Å². The number of nitrogens with one attached hydrogen (secondary N) is 1. The Morgan fingerprint density at radius 2 is 1.74 bits per heavy atom. The van der Waals surface area contributed by atoms with Crippen LogP contribution in [0, 0.1) is 5.92 Å². The molecule has 0 aliphatic heterocycles. The van der Waals surface area contributed by atoms with Crippen LogP contribution in [-0.2, 0) is 4.74 Å². The van der Waals surface area contributed by atoms with Crippen molar-refractivity contribution in [2.24, 2.45) is 5.92 Å². The molecule has 4 heteroatoms. The number of hydrogen-bond acceptors (Lipinski definition) is 2. The zero-order chi connectivity index (χ0) is 14.6. The fourth-order valence-electron chi connectivity index (χ4n) is 1.74. The standard InChI is InChI=1S/C15H22BrNO2/c1-10(2)13(11-6-8-12(16)9-7-11)17-14(18)19-15(3,4)5/h6-10,13H,1-5H3,(H,17,18). The highest BCUT2D eigenvalue weighted by Crippen LogP contribution is 2.24. The minimum absolute atomic E-state index is 0.0528. The van der Waals surface area contributed by atoms with Gasteiger partial charge in [0.15, 0.2) is 0 Å². The van der Waals surface area contributed by atoms with Crippen molar-refractivity contribution in [2.45, 2.75) is 46.3 Å². The SMILES string of the molecule is CC(C)C(NC(=O)OC(C)(C)C)c1ccc(Br)cc1. The number of carbonyl (C=O) groups excluding carboxylic acids is 1. The molecule has 1 aromatic rings. The molecule has 0 aliphatic carbocycles. The largest absolute Gasteiger partial charge is 0.444 e. The summed E-state index contributed by atoms with van der Waals surface area (Å²) in [4.78, 5) is 11.9. The number of benzene rings is 1. The van der Waals surface area contributed by atoms with Crippen LogP contribution in [0.2, 0.25) is 0 Å². The lowest BCUT2D eigenvalue weighted by molar-refractivity contribution is 0.0489. The lowest BCUT2D eigenvalue weighted by Crippen LogP contribution is -2.36. The predicted molar refractivity (Wildman–Crippen MR) is 81.1 cm³/mol. The van der Waals surface area contributed by atoms with E-state index in [1.165, 1.54) is 0 Å². The van der Waals surface area contributed by atoms with Crippen molar-refractivity contribution in [3.63, 3.8) is 0 Å². The zero-order valence-corrected chi connectivity index (χ0v) is 13.7. The van der Waals surface area contributed by atoms with Gasteiger partial charge in [0.2, 0.25) is 0 Å². The third-order valence-corrected chi connectivity index (χ3v) is 3.10. The maximum atomic E-state index is 11.9. The fraction of sp³-hybridized carbons (Fsp3) is 0.533. The summed E-state index contributed by atoms with van der Waals surface area (Å²) in [6, 6.07) is 7.91. The topological polar surface area (TPSA) is 38.3 Å². The van der Waals surface area contributed by atoms with Crippen LogP contribution in [0.4, 0.5) is 4.79 Å². The average Bonchev–Trinajstić information content (AvgIpc) is 2.24. The first-order valence-corrected chi connectivity index (χ1v) is 7.23. The molecule has 0 aliphatic rings. The van der Waals surface area contributed by atoms with Gasteiger partial charge in [-0.05, 0) is 44.4 Å². The minimum atomic E-state index is -0.481. The second kappa shape index (κ2) is 6.42. The zero-order valence-electron chi connectivity index (χ0n) is 12.2. The van der Waals surface area contributed by atoms with E-state index < -0.39 is 5.60 Å². The van der Waals surface area contributed by atoms with Crippen molar-refractivity contribution in [1.29, 1.82) is 0 Å². The Kier molecular flexibility index (Phi) is 5.41. The van der Waals surface area contributed by atoms with Gasteiger partial charge >= 0.3 is 6.09 Å². The van der Waals surface area contributed by atoms with E-state index in [0.29, 0.717) is 0 Å². The molecule has 19 heavy (non-hydrogen) atoms. The predicted octanol–water partition coefficient (Wildman–Crippen LogP) is 4.67. The third kappa shape index (κ3) is 5.64. The second-order valence-corrected chi connectivity index (χ2v) is 6.84. The van der Waals surface area contributed by atoms with Crippen LogP contribution in [0.15, 0.2) is 28.7 Å². The number of rotatable bonds is 3. The first-order valence-electron chi connectivity index (χ1n) is 6.44. The molecule has 0 aromatic heterocycles. The van der Waals surface area contributed by atoms with Gasteiger partial charge in [0.25, 0.3) is 0 Å². The Labute approximate surface area is 123 Å². The van der Waals surface area contributed by atoms with Gasteiger partial charge in [0, 0.05) is 4.47 Å². The van der Waals surface area contributed by atoms with Crippen LogP contribution in [0.25, 0.3) is 0 Å². The molecule has 0 bridgehead atoms. The maximum absolute atomic E-state index is 11.9. The Balaban J connectivity index is 2.79. The summed E-state index contributed by atoms with van der Waals surface area (Å²) in [6.07, 6.45) is -0.380. The molecule has 106 valence electrons. The number of hydrogen-bond donors (Lipinski definition) is 1. The molecule has 1 N–H and O–H groups in total. The monoisotopic (exact) mass is 327 g/mol. The van der Waals surface area contributed by atoms with E-state index in [-0.39, 0.29) is 18.1 Å². The highest BCUT2D eigenvalue weighted by Gasteiger charge is 2.22. The first kappa shape index (κ1) is 16.0. The van der Waals surface area contributed by atoms with Crippen LogP contribution < -0.4 is 5.32 Å². The smallest absolute Gasteiger partial charge is 0.408 e. The van der Waals surface area contributed by atoms with Gasteiger partial charge in [0.05, 0.1) is 6.04 Å². The maximum Gasteiger partial charge on any atom is 0.408 e. The summed E-state index contributed by atoms with van der Waals surface area (Å²) in [5.41, 5.74) is 0.592. The fourth-order valence-corrected chi connectivity index (χ4v) is 2.00. The van der Waals surface area contributed by atoms with Crippen molar-refractivity contribution in [2.75, 3.05) is 0 Å². The van der Waals surface area contributed by atoms with E-state index in [1.807, 2.05) is 45.0 Å². The lowest BCUT2D eigenvalue weighted by atomic mass is 9.96. The van der Waals surface area contributed by atoms with Crippen molar-refractivity contribution in [3.05, 3.63) is 34.3 Å². The molecule has 0 saturated carbocycles. The molecule has 0 heterocycles. The first-order chi connectivity index (χ1) is 8.69. The number of carbonyl (C=O) groups is 1. The molecule has 0 spiro atoms. The van der Waals surface area contributed by atoms with E-state index in [0.717, 1.165) is 10.0 Å². The lowest BCUT2D eigenvalue weighted by Gasteiger charge is -2.26. The Bertz CT molecular complexity index is 421. The van der Waals surface area contributed by atoms with E-state index in [1.54, 1.807) is 0 Å².